The molecule has 0 aliphatic carbocycles. The quantitative estimate of drug-likeness (QED) is 0.286. The fraction of sp³-hybridized carbons (Fsp3) is 0.167. The van der Waals surface area contributed by atoms with Gasteiger partial charge in [0.25, 0.3) is 5.69 Å². The molecule has 0 spiro atoms. The predicted molar refractivity (Wildman–Crippen MR) is 77.2 cm³/mol. The zero-order valence-corrected chi connectivity index (χ0v) is 11.6. The largest absolute Gasteiger partial charge is 0.318 e. The molecule has 1 aromatic carbocycles. The summed E-state index contributed by atoms with van der Waals surface area (Å²) < 4.78 is 0. The van der Waals surface area contributed by atoms with Gasteiger partial charge in [0.05, 0.1) is 4.92 Å². The summed E-state index contributed by atoms with van der Waals surface area (Å²) in [5.41, 5.74) is 4.38. The molecule has 0 fully saturated rings. The van der Waals surface area contributed by atoms with Crippen LogP contribution in [0.15, 0.2) is 35.7 Å². The Bertz CT molecular complexity index is 618. The van der Waals surface area contributed by atoms with Crippen LogP contribution >= 0.6 is 11.8 Å². The Balaban J connectivity index is 2.19. The molecule has 0 atom stereocenters. The van der Waals surface area contributed by atoms with Gasteiger partial charge in [0.2, 0.25) is 0 Å². The molecule has 0 aliphatic rings. The first-order valence-corrected chi connectivity index (χ1v) is 6.74. The molecule has 7 nitrogen and oxygen atoms in total. The van der Waals surface area contributed by atoms with Gasteiger partial charge in [-0.05, 0) is 18.1 Å². The molecule has 8 heteroatoms. The summed E-state index contributed by atoms with van der Waals surface area (Å²) in [6.07, 6.45) is 3.45. The second-order valence-electron chi connectivity index (χ2n) is 4.04. The third kappa shape index (κ3) is 3.22. The Hall–Kier alpha value is -2.19. The normalized spacial score (nSPS) is 10.3. The monoisotopic (exact) mass is 291 g/mol. The average Bonchev–Trinajstić information content (AvgIpc) is 2.46. The molecule has 0 amide bonds. The molecule has 0 saturated heterocycles. The number of rotatable bonds is 5. The molecule has 2 rings (SSSR count). The van der Waals surface area contributed by atoms with E-state index in [0.29, 0.717) is 16.6 Å². The van der Waals surface area contributed by atoms with E-state index in [0.717, 1.165) is 11.1 Å². The molecular formula is C12H13N5O2S. The molecule has 20 heavy (non-hydrogen) atoms. The van der Waals surface area contributed by atoms with Gasteiger partial charge in [0.1, 0.15) is 5.69 Å². The summed E-state index contributed by atoms with van der Waals surface area (Å²) in [6.45, 7) is 1.91. The van der Waals surface area contributed by atoms with Gasteiger partial charge in [-0.1, -0.05) is 23.9 Å². The molecule has 0 unspecified atom stereocenters. The molecule has 0 aliphatic heterocycles. The van der Waals surface area contributed by atoms with Gasteiger partial charge in [-0.25, -0.2) is 9.97 Å². The number of para-hydroxylation sites is 1. The number of hydrazine groups is 1. The van der Waals surface area contributed by atoms with Gasteiger partial charge in [-0.2, -0.15) is 0 Å². The Morgan fingerprint density at radius 2 is 2.10 bits per heavy atom. The molecular weight excluding hydrogens is 278 g/mol. The van der Waals surface area contributed by atoms with E-state index in [1.54, 1.807) is 24.5 Å². The number of nitrogens with one attached hydrogen (secondary N) is 1. The molecule has 3 N–H and O–H groups in total. The van der Waals surface area contributed by atoms with Crippen LogP contribution in [0.2, 0.25) is 0 Å². The van der Waals surface area contributed by atoms with Crippen molar-refractivity contribution in [2.24, 2.45) is 5.84 Å². The van der Waals surface area contributed by atoms with Crippen LogP contribution in [0.25, 0.3) is 0 Å². The highest BCUT2D eigenvalue weighted by Gasteiger charge is 2.16. The van der Waals surface area contributed by atoms with Gasteiger partial charge < -0.3 is 5.43 Å². The average molecular weight is 291 g/mol. The maximum Gasteiger partial charge on any atom is 0.293 e. The van der Waals surface area contributed by atoms with E-state index >= 15 is 0 Å². The molecule has 2 aromatic rings. The van der Waals surface area contributed by atoms with Crippen molar-refractivity contribution >= 4 is 23.1 Å². The van der Waals surface area contributed by atoms with E-state index in [1.807, 2.05) is 6.92 Å². The third-order valence-corrected chi connectivity index (χ3v) is 3.51. The van der Waals surface area contributed by atoms with Crippen LogP contribution in [0.5, 0.6) is 0 Å². The predicted octanol–water partition coefficient (Wildman–Crippen LogP) is 2.27. The number of nitrogens with zero attached hydrogens (tertiary/aromatic N) is 3. The fourth-order valence-electron chi connectivity index (χ4n) is 1.62. The first-order valence-electron chi connectivity index (χ1n) is 5.76. The summed E-state index contributed by atoms with van der Waals surface area (Å²) in [7, 11) is 0. The topological polar surface area (TPSA) is 107 Å². The maximum absolute atomic E-state index is 10.9. The minimum Gasteiger partial charge on any atom is -0.318 e. The first kappa shape index (κ1) is 14.2. The van der Waals surface area contributed by atoms with Gasteiger partial charge in [-0.15, -0.1) is 0 Å². The Kier molecular flexibility index (Phi) is 4.49. The van der Waals surface area contributed by atoms with E-state index in [9.17, 15) is 10.1 Å². The second kappa shape index (κ2) is 6.31. The number of hydrogen-bond acceptors (Lipinski definition) is 7. The van der Waals surface area contributed by atoms with Gasteiger partial charge in [-0.3, -0.25) is 16.0 Å². The smallest absolute Gasteiger partial charge is 0.293 e. The highest BCUT2D eigenvalue weighted by molar-refractivity contribution is 7.98. The summed E-state index contributed by atoms with van der Waals surface area (Å²) >= 11 is 1.39. The highest BCUT2D eigenvalue weighted by Crippen LogP contribution is 2.31. The molecule has 1 aromatic heterocycles. The minimum atomic E-state index is -0.467. The molecule has 104 valence electrons. The summed E-state index contributed by atoms with van der Waals surface area (Å²) in [6, 6.07) is 4.82. The van der Waals surface area contributed by atoms with Crippen LogP contribution in [0.1, 0.15) is 11.1 Å². The van der Waals surface area contributed by atoms with Crippen LogP contribution < -0.4 is 11.3 Å². The van der Waals surface area contributed by atoms with Crippen LogP contribution in [-0.4, -0.2) is 14.9 Å². The Morgan fingerprint density at radius 3 is 2.70 bits per heavy atom. The number of aromatic nitrogens is 2. The fourth-order valence-corrected chi connectivity index (χ4v) is 2.40. The molecule has 0 saturated carbocycles. The number of nitro benzene ring substituents is 1. The number of nitrogen functional groups attached to an aromatic ring is 1. The number of aryl methyl sites for hydroxylation is 1. The van der Waals surface area contributed by atoms with Crippen LogP contribution in [0.3, 0.4) is 0 Å². The van der Waals surface area contributed by atoms with Crippen molar-refractivity contribution in [1.29, 1.82) is 0 Å². The van der Waals surface area contributed by atoms with E-state index in [4.69, 9.17) is 5.84 Å². The van der Waals surface area contributed by atoms with Crippen molar-refractivity contribution in [2.75, 3.05) is 5.43 Å². The lowest BCUT2D eigenvalue weighted by Crippen LogP contribution is -2.11. The number of nitro groups is 1. The van der Waals surface area contributed by atoms with E-state index in [1.165, 1.54) is 17.8 Å². The van der Waals surface area contributed by atoms with E-state index in [-0.39, 0.29) is 5.69 Å². The summed E-state index contributed by atoms with van der Waals surface area (Å²) in [5.74, 6) is 5.87. The van der Waals surface area contributed by atoms with Crippen LogP contribution in [0.4, 0.5) is 11.4 Å². The summed E-state index contributed by atoms with van der Waals surface area (Å²) in [5, 5.41) is 11.5. The van der Waals surface area contributed by atoms with Gasteiger partial charge in [0, 0.05) is 24.2 Å². The Labute approximate surface area is 119 Å². The minimum absolute atomic E-state index is 0.0459. The lowest BCUT2D eigenvalue weighted by atomic mass is 10.2. The van der Waals surface area contributed by atoms with Crippen LogP contribution in [-0.2, 0) is 5.75 Å². The maximum atomic E-state index is 10.9. The van der Waals surface area contributed by atoms with Crippen LogP contribution in [0, 0.1) is 17.0 Å². The number of thioether (sulfide) groups is 1. The first-order chi connectivity index (χ1) is 9.61. The van der Waals surface area contributed by atoms with Crippen molar-refractivity contribution in [3.8, 4) is 0 Å². The SMILES string of the molecule is Cc1cnc(SCc2cccc([N+](=O)[O-])c2NN)nc1. The number of hydrogen-bond donors (Lipinski definition) is 2. The number of anilines is 1. The molecule has 0 radical (unpaired) electrons. The van der Waals surface area contributed by atoms with Crippen molar-refractivity contribution in [2.45, 2.75) is 17.8 Å². The highest BCUT2D eigenvalue weighted by atomic mass is 32.2. The van der Waals surface area contributed by atoms with Crippen molar-refractivity contribution < 1.29 is 4.92 Å². The molecule has 1 heterocycles. The number of benzene rings is 1. The number of nitrogens with two attached hydrogens (primary N) is 1. The molecule has 0 bridgehead atoms. The van der Waals surface area contributed by atoms with Crippen molar-refractivity contribution in [3.63, 3.8) is 0 Å². The van der Waals surface area contributed by atoms with E-state index in [2.05, 4.69) is 15.4 Å². The van der Waals surface area contributed by atoms with Crippen molar-refractivity contribution in [1.82, 2.24) is 9.97 Å². The van der Waals surface area contributed by atoms with Gasteiger partial charge >= 0.3 is 0 Å². The zero-order valence-electron chi connectivity index (χ0n) is 10.7. The zero-order chi connectivity index (χ0) is 14.5. The standard InChI is InChI=1S/C12H13N5O2S/c1-8-5-14-12(15-6-8)20-7-9-3-2-4-10(17(18)19)11(9)16-13/h2-6,16H,7,13H2,1H3. The van der Waals surface area contributed by atoms with Crippen molar-refractivity contribution in [3.05, 3.63) is 51.8 Å². The summed E-state index contributed by atoms with van der Waals surface area (Å²) in [4.78, 5) is 18.8. The lowest BCUT2D eigenvalue weighted by Gasteiger charge is -2.08. The van der Waals surface area contributed by atoms with Gasteiger partial charge in [0.15, 0.2) is 5.16 Å². The Morgan fingerprint density at radius 1 is 1.40 bits per heavy atom. The third-order valence-electron chi connectivity index (χ3n) is 2.58. The van der Waals surface area contributed by atoms with E-state index < -0.39 is 4.92 Å². The second-order valence-corrected chi connectivity index (χ2v) is 4.99. The lowest BCUT2D eigenvalue weighted by molar-refractivity contribution is -0.384.